The normalized spacial score (nSPS) is 10.5. The minimum Gasteiger partial charge on any atom is -0.493 e. The third-order valence-corrected chi connectivity index (χ3v) is 4.48. The summed E-state index contributed by atoms with van der Waals surface area (Å²) < 4.78 is 10.7. The molecule has 0 atom stereocenters. The van der Waals surface area contributed by atoms with Crippen LogP contribution in [0.4, 0.5) is 5.69 Å². The molecule has 2 aromatic carbocycles. The summed E-state index contributed by atoms with van der Waals surface area (Å²) in [6.07, 6.45) is 0.784. The smallest absolute Gasteiger partial charge is 0.338 e. The largest absolute Gasteiger partial charge is 0.493 e. The molecule has 0 bridgehead atoms. The quantitative estimate of drug-likeness (QED) is 0.588. The predicted molar refractivity (Wildman–Crippen MR) is 119 cm³/mol. The monoisotopic (exact) mass is 426 g/mol. The fourth-order valence-electron chi connectivity index (χ4n) is 2.71. The first-order valence-corrected chi connectivity index (χ1v) is 10.3. The molecular formula is C24H30N2O5. The van der Waals surface area contributed by atoms with Crippen molar-refractivity contribution < 1.29 is 23.9 Å². The second kappa shape index (κ2) is 11.7. The molecule has 1 N–H and O–H groups in total. The number of carbonyl (C=O) groups is 3. The highest BCUT2D eigenvalue weighted by Crippen LogP contribution is 2.16. The molecule has 0 saturated heterocycles. The van der Waals surface area contributed by atoms with E-state index in [4.69, 9.17) is 9.47 Å². The van der Waals surface area contributed by atoms with Gasteiger partial charge < -0.3 is 19.7 Å². The Morgan fingerprint density at radius 1 is 1.03 bits per heavy atom. The summed E-state index contributed by atoms with van der Waals surface area (Å²) >= 11 is 0. The Labute approximate surface area is 183 Å². The third kappa shape index (κ3) is 7.77. The number of nitrogens with zero attached hydrogens (tertiary/aromatic N) is 1. The molecule has 0 unspecified atom stereocenters. The zero-order valence-corrected chi connectivity index (χ0v) is 18.5. The van der Waals surface area contributed by atoms with Crippen molar-refractivity contribution in [2.24, 2.45) is 5.92 Å². The highest BCUT2D eigenvalue weighted by atomic mass is 16.5. The van der Waals surface area contributed by atoms with Crippen LogP contribution in [0.3, 0.4) is 0 Å². The first-order valence-electron chi connectivity index (χ1n) is 10.3. The highest BCUT2D eigenvalue weighted by molar-refractivity contribution is 5.96. The van der Waals surface area contributed by atoms with E-state index in [1.165, 1.54) is 11.9 Å². The average molecular weight is 427 g/mol. The standard InChI is InChI=1S/C24H30N2O5/c1-5-18-8-6-7-9-21(18)25-22(27)14-26(4)23(28)16-31-24(29)19-10-12-20(13-11-19)30-15-17(2)3/h6-13,17H,5,14-16H2,1-4H3,(H,25,27). The number of anilines is 1. The highest BCUT2D eigenvalue weighted by Gasteiger charge is 2.16. The molecule has 0 saturated carbocycles. The number of hydrogen-bond donors (Lipinski definition) is 1. The molecule has 31 heavy (non-hydrogen) atoms. The minimum absolute atomic E-state index is 0.143. The van der Waals surface area contributed by atoms with E-state index < -0.39 is 18.5 Å². The Balaban J connectivity index is 1.80. The number of ether oxygens (including phenoxy) is 2. The minimum atomic E-state index is -0.613. The topological polar surface area (TPSA) is 84.9 Å². The van der Waals surface area contributed by atoms with Gasteiger partial charge in [0, 0.05) is 12.7 Å². The van der Waals surface area contributed by atoms with Crippen LogP contribution in [0.2, 0.25) is 0 Å². The van der Waals surface area contributed by atoms with Crippen LogP contribution in [0, 0.1) is 5.92 Å². The van der Waals surface area contributed by atoms with E-state index in [-0.39, 0.29) is 12.5 Å². The summed E-state index contributed by atoms with van der Waals surface area (Å²) in [5, 5.41) is 2.81. The number of amides is 2. The zero-order valence-electron chi connectivity index (χ0n) is 18.5. The summed E-state index contributed by atoms with van der Waals surface area (Å²) in [5.41, 5.74) is 2.06. The van der Waals surface area contributed by atoms with E-state index in [0.717, 1.165) is 17.7 Å². The van der Waals surface area contributed by atoms with E-state index in [1.807, 2.05) is 45.0 Å². The number of para-hydroxylation sites is 1. The van der Waals surface area contributed by atoms with Crippen LogP contribution in [0.25, 0.3) is 0 Å². The van der Waals surface area contributed by atoms with Gasteiger partial charge in [0.2, 0.25) is 5.91 Å². The zero-order chi connectivity index (χ0) is 22.8. The van der Waals surface area contributed by atoms with Gasteiger partial charge in [-0.2, -0.15) is 0 Å². The van der Waals surface area contributed by atoms with Gasteiger partial charge in [0.15, 0.2) is 6.61 Å². The maximum absolute atomic E-state index is 12.3. The van der Waals surface area contributed by atoms with Crippen LogP contribution in [0.1, 0.15) is 36.7 Å². The first kappa shape index (κ1) is 23.9. The molecule has 7 heteroatoms. The molecule has 2 amide bonds. The molecule has 0 aliphatic heterocycles. The molecule has 0 aliphatic rings. The number of nitrogens with one attached hydrogen (secondary N) is 1. The van der Waals surface area contributed by atoms with Gasteiger partial charge in [-0.15, -0.1) is 0 Å². The number of rotatable bonds is 10. The van der Waals surface area contributed by atoms with Crippen LogP contribution in [0.5, 0.6) is 5.75 Å². The van der Waals surface area contributed by atoms with Crippen molar-refractivity contribution in [2.75, 3.05) is 32.1 Å². The average Bonchev–Trinajstić information content (AvgIpc) is 2.76. The van der Waals surface area contributed by atoms with Crippen molar-refractivity contribution in [3.63, 3.8) is 0 Å². The number of esters is 1. The number of aryl methyl sites for hydroxylation is 1. The Morgan fingerprint density at radius 2 is 1.71 bits per heavy atom. The van der Waals surface area contributed by atoms with E-state index in [2.05, 4.69) is 5.32 Å². The molecule has 166 valence electrons. The molecule has 0 heterocycles. The Bertz CT molecular complexity index is 893. The lowest BCUT2D eigenvalue weighted by atomic mass is 10.1. The summed E-state index contributed by atoms with van der Waals surface area (Å²) in [5.74, 6) is -0.337. The molecule has 2 rings (SSSR count). The molecule has 7 nitrogen and oxygen atoms in total. The predicted octanol–water partition coefficient (Wildman–Crippen LogP) is 3.54. The number of likely N-dealkylation sites (N-methyl/N-ethyl adjacent to an activating group) is 1. The molecule has 0 aliphatic carbocycles. The molecule has 0 fully saturated rings. The second-order valence-electron chi connectivity index (χ2n) is 7.61. The van der Waals surface area contributed by atoms with Gasteiger partial charge in [-0.1, -0.05) is 39.0 Å². The van der Waals surface area contributed by atoms with Crippen LogP contribution >= 0.6 is 0 Å². The summed E-state index contributed by atoms with van der Waals surface area (Å²) in [6.45, 7) is 6.10. The van der Waals surface area contributed by atoms with Crippen molar-refractivity contribution in [1.82, 2.24) is 4.90 Å². The van der Waals surface area contributed by atoms with Crippen LogP contribution < -0.4 is 10.1 Å². The summed E-state index contributed by atoms with van der Waals surface area (Å²) in [7, 11) is 1.49. The van der Waals surface area contributed by atoms with Gasteiger partial charge in [0.25, 0.3) is 5.91 Å². The van der Waals surface area contributed by atoms with Crippen molar-refractivity contribution in [2.45, 2.75) is 27.2 Å². The number of carbonyl (C=O) groups excluding carboxylic acids is 3. The van der Waals surface area contributed by atoms with E-state index in [0.29, 0.717) is 23.8 Å². The van der Waals surface area contributed by atoms with Gasteiger partial charge in [-0.25, -0.2) is 4.79 Å². The molecular weight excluding hydrogens is 396 g/mol. The maximum atomic E-state index is 12.3. The number of hydrogen-bond acceptors (Lipinski definition) is 5. The fourth-order valence-corrected chi connectivity index (χ4v) is 2.71. The lowest BCUT2D eigenvalue weighted by Crippen LogP contribution is -2.37. The van der Waals surface area contributed by atoms with Crippen molar-refractivity contribution in [3.05, 3.63) is 59.7 Å². The molecule has 2 aromatic rings. The van der Waals surface area contributed by atoms with Crippen LogP contribution in [0.15, 0.2) is 48.5 Å². The molecule has 0 spiro atoms. The van der Waals surface area contributed by atoms with Gasteiger partial charge in [0.05, 0.1) is 18.7 Å². The lowest BCUT2D eigenvalue weighted by Gasteiger charge is -2.17. The van der Waals surface area contributed by atoms with Gasteiger partial charge >= 0.3 is 5.97 Å². The number of benzene rings is 2. The third-order valence-electron chi connectivity index (χ3n) is 4.48. The van der Waals surface area contributed by atoms with E-state index >= 15 is 0 Å². The maximum Gasteiger partial charge on any atom is 0.338 e. The van der Waals surface area contributed by atoms with Crippen molar-refractivity contribution >= 4 is 23.5 Å². The fraction of sp³-hybridized carbons (Fsp3) is 0.375. The van der Waals surface area contributed by atoms with Crippen molar-refractivity contribution in [1.29, 1.82) is 0 Å². The lowest BCUT2D eigenvalue weighted by molar-refractivity contribution is -0.136. The Hall–Kier alpha value is -3.35. The second-order valence-corrected chi connectivity index (χ2v) is 7.61. The summed E-state index contributed by atoms with van der Waals surface area (Å²) in [6, 6.07) is 14.1. The van der Waals surface area contributed by atoms with Gasteiger partial charge in [-0.3, -0.25) is 9.59 Å². The van der Waals surface area contributed by atoms with E-state index in [9.17, 15) is 14.4 Å². The van der Waals surface area contributed by atoms with Gasteiger partial charge in [0.1, 0.15) is 5.75 Å². The molecule has 0 aromatic heterocycles. The summed E-state index contributed by atoms with van der Waals surface area (Å²) in [4.78, 5) is 37.9. The van der Waals surface area contributed by atoms with E-state index in [1.54, 1.807) is 24.3 Å². The van der Waals surface area contributed by atoms with Gasteiger partial charge in [-0.05, 0) is 48.2 Å². The Morgan fingerprint density at radius 3 is 2.35 bits per heavy atom. The Kier molecular flexibility index (Phi) is 9.06. The first-order chi connectivity index (χ1) is 14.8. The molecule has 0 radical (unpaired) electrons. The SMILES string of the molecule is CCc1ccccc1NC(=O)CN(C)C(=O)COC(=O)c1ccc(OCC(C)C)cc1. The van der Waals surface area contributed by atoms with Crippen LogP contribution in [-0.2, 0) is 20.7 Å². The van der Waals surface area contributed by atoms with Crippen molar-refractivity contribution in [3.8, 4) is 5.75 Å². The van der Waals surface area contributed by atoms with Crippen LogP contribution in [-0.4, -0.2) is 49.5 Å².